The normalized spacial score (nSPS) is 10.2. The van der Waals surface area contributed by atoms with Gasteiger partial charge < -0.3 is 14.8 Å². The fourth-order valence-corrected chi connectivity index (χ4v) is 2.43. The number of hydrogen-bond acceptors (Lipinski definition) is 3. The summed E-state index contributed by atoms with van der Waals surface area (Å²) in [7, 11) is 3.29. The van der Waals surface area contributed by atoms with Crippen LogP contribution in [0.2, 0.25) is 0 Å². The average Bonchev–Trinajstić information content (AvgIpc) is 2.47. The van der Waals surface area contributed by atoms with Gasteiger partial charge in [-0.1, -0.05) is 34.1 Å². The first-order valence-electron chi connectivity index (χ1n) is 6.35. The lowest BCUT2D eigenvalue weighted by molar-refractivity contribution is 0.355. The quantitative estimate of drug-likeness (QED) is 0.879. The maximum atomic E-state index is 5.33. The Balaban J connectivity index is 2.19. The first kappa shape index (κ1) is 14.7. The van der Waals surface area contributed by atoms with Crippen LogP contribution in [0.1, 0.15) is 11.1 Å². The Morgan fingerprint density at radius 2 is 1.70 bits per heavy atom. The summed E-state index contributed by atoms with van der Waals surface area (Å²) in [5.41, 5.74) is 3.37. The summed E-state index contributed by atoms with van der Waals surface area (Å²) in [6, 6.07) is 12.1. The molecule has 0 aliphatic carbocycles. The Hall–Kier alpha value is -1.68. The molecule has 2 aromatic carbocycles. The van der Waals surface area contributed by atoms with Gasteiger partial charge in [-0.05, 0) is 30.2 Å². The van der Waals surface area contributed by atoms with Crippen molar-refractivity contribution in [1.82, 2.24) is 0 Å². The van der Waals surface area contributed by atoms with Crippen LogP contribution in [0, 0.1) is 6.92 Å². The molecule has 4 heteroatoms. The summed E-state index contributed by atoms with van der Waals surface area (Å²) in [5.74, 6) is 1.48. The molecule has 0 aliphatic heterocycles. The molecule has 106 valence electrons. The molecule has 0 fully saturated rings. The number of methoxy groups -OCH3 is 2. The van der Waals surface area contributed by atoms with Gasteiger partial charge in [0.15, 0.2) is 11.5 Å². The Morgan fingerprint density at radius 1 is 1.05 bits per heavy atom. The van der Waals surface area contributed by atoms with E-state index in [1.54, 1.807) is 14.2 Å². The lowest BCUT2D eigenvalue weighted by Gasteiger charge is -2.15. The van der Waals surface area contributed by atoms with E-state index in [0.717, 1.165) is 33.8 Å². The molecule has 0 bridgehead atoms. The van der Waals surface area contributed by atoms with E-state index in [1.165, 1.54) is 5.56 Å². The highest BCUT2D eigenvalue weighted by Gasteiger charge is 2.08. The second kappa shape index (κ2) is 6.66. The van der Waals surface area contributed by atoms with Gasteiger partial charge in [0.25, 0.3) is 0 Å². The largest absolute Gasteiger partial charge is 0.493 e. The number of ether oxygens (including phenoxy) is 2. The van der Waals surface area contributed by atoms with Crippen LogP contribution >= 0.6 is 15.9 Å². The first-order valence-corrected chi connectivity index (χ1v) is 7.15. The van der Waals surface area contributed by atoms with Crippen molar-refractivity contribution in [3.63, 3.8) is 0 Å². The van der Waals surface area contributed by atoms with Gasteiger partial charge in [0.2, 0.25) is 0 Å². The fraction of sp³-hybridized carbons (Fsp3) is 0.250. The van der Waals surface area contributed by atoms with Crippen LogP contribution in [0.4, 0.5) is 5.69 Å². The summed E-state index contributed by atoms with van der Waals surface area (Å²) in [5, 5.41) is 3.43. The zero-order valence-corrected chi connectivity index (χ0v) is 13.5. The van der Waals surface area contributed by atoms with E-state index in [9.17, 15) is 0 Å². The van der Waals surface area contributed by atoms with Gasteiger partial charge >= 0.3 is 0 Å². The second-order valence-electron chi connectivity index (χ2n) is 4.47. The van der Waals surface area contributed by atoms with E-state index in [4.69, 9.17) is 9.47 Å². The molecular weight excluding hydrogens is 318 g/mol. The van der Waals surface area contributed by atoms with Crippen molar-refractivity contribution >= 4 is 21.6 Å². The molecular formula is C16H18BrNO2. The highest BCUT2D eigenvalue weighted by atomic mass is 79.9. The van der Waals surface area contributed by atoms with E-state index < -0.39 is 0 Å². The average molecular weight is 336 g/mol. The van der Waals surface area contributed by atoms with Gasteiger partial charge in [-0.15, -0.1) is 0 Å². The van der Waals surface area contributed by atoms with Crippen molar-refractivity contribution in [3.05, 3.63) is 52.0 Å². The zero-order valence-electron chi connectivity index (χ0n) is 11.9. The van der Waals surface area contributed by atoms with Crippen molar-refractivity contribution in [3.8, 4) is 11.5 Å². The molecule has 0 unspecified atom stereocenters. The van der Waals surface area contributed by atoms with E-state index in [2.05, 4.69) is 27.3 Å². The molecule has 0 saturated heterocycles. The predicted octanol–water partition coefficient (Wildman–Crippen LogP) is 4.39. The summed E-state index contributed by atoms with van der Waals surface area (Å²) < 4.78 is 11.7. The molecule has 0 amide bonds. The number of hydrogen-bond donors (Lipinski definition) is 1. The highest BCUT2D eigenvalue weighted by Crippen LogP contribution is 2.33. The van der Waals surface area contributed by atoms with Crippen molar-refractivity contribution < 1.29 is 9.47 Å². The van der Waals surface area contributed by atoms with Crippen molar-refractivity contribution in [2.45, 2.75) is 13.5 Å². The van der Waals surface area contributed by atoms with Crippen LogP contribution < -0.4 is 14.8 Å². The third-order valence-corrected chi connectivity index (χ3v) is 3.93. The number of benzene rings is 2. The van der Waals surface area contributed by atoms with Gasteiger partial charge in [0.1, 0.15) is 0 Å². The second-order valence-corrected chi connectivity index (χ2v) is 5.32. The van der Waals surface area contributed by atoms with Crippen LogP contribution in [0.5, 0.6) is 11.5 Å². The maximum absolute atomic E-state index is 5.33. The van der Waals surface area contributed by atoms with Gasteiger partial charge in [-0.25, -0.2) is 0 Å². The minimum Gasteiger partial charge on any atom is -0.493 e. The molecule has 0 heterocycles. The molecule has 2 rings (SSSR count). The summed E-state index contributed by atoms with van der Waals surface area (Å²) in [6.07, 6.45) is 0. The van der Waals surface area contributed by atoms with Gasteiger partial charge in [-0.2, -0.15) is 0 Å². The molecule has 1 N–H and O–H groups in total. The Kier molecular flexibility index (Phi) is 4.90. The van der Waals surface area contributed by atoms with E-state index in [0.29, 0.717) is 0 Å². The zero-order chi connectivity index (χ0) is 14.5. The summed E-state index contributed by atoms with van der Waals surface area (Å²) >= 11 is 3.55. The minimum atomic E-state index is 0.729. The third-order valence-electron chi connectivity index (χ3n) is 3.16. The molecule has 20 heavy (non-hydrogen) atoms. The summed E-state index contributed by atoms with van der Waals surface area (Å²) in [4.78, 5) is 0. The fourth-order valence-electron chi connectivity index (χ4n) is 2.00. The van der Waals surface area contributed by atoms with Crippen LogP contribution in [-0.2, 0) is 6.54 Å². The monoisotopic (exact) mass is 335 g/mol. The lowest BCUT2D eigenvalue weighted by Crippen LogP contribution is -2.03. The molecule has 0 spiro atoms. The molecule has 0 atom stereocenters. The number of anilines is 1. The molecule has 3 nitrogen and oxygen atoms in total. The molecule has 0 aliphatic rings. The Morgan fingerprint density at radius 3 is 2.35 bits per heavy atom. The minimum absolute atomic E-state index is 0.729. The molecule has 0 radical (unpaired) electrons. The smallest absolute Gasteiger partial charge is 0.162 e. The number of aryl methyl sites for hydroxylation is 1. The van der Waals surface area contributed by atoms with Gasteiger partial charge in [0.05, 0.1) is 14.2 Å². The number of halogens is 1. The third kappa shape index (κ3) is 3.25. The SMILES string of the molecule is COc1cc(C)c(NCc2ccccc2Br)cc1OC. The Labute approximate surface area is 128 Å². The van der Waals surface area contributed by atoms with E-state index >= 15 is 0 Å². The van der Waals surface area contributed by atoms with Crippen LogP contribution in [0.3, 0.4) is 0 Å². The number of rotatable bonds is 5. The standard InChI is InChI=1S/C16H18BrNO2/c1-11-8-15(19-2)16(20-3)9-14(11)18-10-12-6-4-5-7-13(12)17/h4-9,18H,10H2,1-3H3. The first-order chi connectivity index (χ1) is 9.65. The maximum Gasteiger partial charge on any atom is 0.162 e. The molecule has 2 aromatic rings. The van der Waals surface area contributed by atoms with Crippen LogP contribution in [-0.4, -0.2) is 14.2 Å². The van der Waals surface area contributed by atoms with Crippen molar-refractivity contribution in [1.29, 1.82) is 0 Å². The molecule has 0 aromatic heterocycles. The van der Waals surface area contributed by atoms with Gasteiger partial charge in [0, 0.05) is 22.8 Å². The summed E-state index contributed by atoms with van der Waals surface area (Å²) in [6.45, 7) is 2.79. The highest BCUT2D eigenvalue weighted by molar-refractivity contribution is 9.10. The predicted molar refractivity (Wildman–Crippen MR) is 85.8 cm³/mol. The number of nitrogens with one attached hydrogen (secondary N) is 1. The van der Waals surface area contributed by atoms with E-state index in [1.807, 2.05) is 37.3 Å². The van der Waals surface area contributed by atoms with Crippen LogP contribution in [0.25, 0.3) is 0 Å². The molecule has 0 saturated carbocycles. The lowest BCUT2D eigenvalue weighted by atomic mass is 10.1. The van der Waals surface area contributed by atoms with Crippen molar-refractivity contribution in [2.75, 3.05) is 19.5 Å². The van der Waals surface area contributed by atoms with E-state index in [-0.39, 0.29) is 0 Å². The van der Waals surface area contributed by atoms with Gasteiger partial charge in [-0.3, -0.25) is 0 Å². The topological polar surface area (TPSA) is 30.5 Å². The van der Waals surface area contributed by atoms with Crippen molar-refractivity contribution in [2.24, 2.45) is 0 Å². The Bertz CT molecular complexity index is 599. The van der Waals surface area contributed by atoms with Crippen LogP contribution in [0.15, 0.2) is 40.9 Å².